The van der Waals surface area contributed by atoms with Crippen LogP contribution >= 0.6 is 34.8 Å². The van der Waals surface area contributed by atoms with E-state index in [4.69, 9.17) is 34.8 Å². The summed E-state index contributed by atoms with van der Waals surface area (Å²) >= 11 is 18.1. The largest absolute Gasteiger partial charge is 0.342 e. The molecule has 206 valence electrons. The lowest BCUT2D eigenvalue weighted by molar-refractivity contribution is -0.118. The number of amides is 3. The lowest BCUT2D eigenvalue weighted by Crippen LogP contribution is -2.45. The summed E-state index contributed by atoms with van der Waals surface area (Å²) in [4.78, 5) is 61.9. The smallest absolute Gasteiger partial charge is 0.282 e. The zero-order chi connectivity index (χ0) is 28.9. The van der Waals surface area contributed by atoms with Crippen LogP contribution in [0.5, 0.6) is 0 Å². The fourth-order valence-electron chi connectivity index (χ4n) is 3.96. The van der Waals surface area contributed by atoms with Gasteiger partial charge in [-0.15, -0.1) is 0 Å². The molecule has 0 aliphatic rings. The van der Waals surface area contributed by atoms with Crippen LogP contribution in [0.1, 0.15) is 54.4 Å². The molecule has 3 amide bonds. The molecule has 0 radical (unpaired) electrons. The molecular formula is C27H28Cl3N5O4. The van der Waals surface area contributed by atoms with E-state index in [2.05, 4.69) is 15.3 Å². The average molecular weight is 593 g/mol. The number of aromatic amines is 1. The first kappa shape index (κ1) is 30.1. The van der Waals surface area contributed by atoms with Crippen molar-refractivity contribution in [3.8, 4) is 0 Å². The van der Waals surface area contributed by atoms with E-state index in [9.17, 15) is 19.2 Å². The molecule has 2 aromatic carbocycles. The number of hydrogen-bond acceptors (Lipinski definition) is 5. The van der Waals surface area contributed by atoms with Crippen LogP contribution in [0, 0.1) is 0 Å². The maximum absolute atomic E-state index is 13.5. The number of nitrogens with one attached hydrogen (secondary N) is 2. The van der Waals surface area contributed by atoms with E-state index in [1.54, 1.807) is 68.4 Å². The Kier molecular flexibility index (Phi) is 9.77. The highest BCUT2D eigenvalue weighted by Crippen LogP contribution is 2.38. The zero-order valence-electron chi connectivity index (χ0n) is 21.7. The summed E-state index contributed by atoms with van der Waals surface area (Å²) in [5.74, 6) is -2.08. The van der Waals surface area contributed by atoms with Crippen molar-refractivity contribution in [2.45, 2.75) is 43.6 Å². The van der Waals surface area contributed by atoms with Gasteiger partial charge in [0.05, 0.1) is 6.54 Å². The number of alkyl halides is 3. The Hall–Kier alpha value is -3.40. The van der Waals surface area contributed by atoms with E-state index in [1.807, 2.05) is 19.9 Å². The first-order valence-corrected chi connectivity index (χ1v) is 13.2. The number of anilines is 2. The molecule has 0 saturated carbocycles. The highest BCUT2D eigenvalue weighted by molar-refractivity contribution is 6.66. The molecule has 9 nitrogen and oxygen atoms in total. The molecule has 0 aliphatic carbocycles. The third-order valence-electron chi connectivity index (χ3n) is 5.60. The lowest BCUT2D eigenvalue weighted by atomic mass is 10.2. The van der Waals surface area contributed by atoms with Crippen LogP contribution in [0.25, 0.3) is 0 Å². The summed E-state index contributed by atoms with van der Waals surface area (Å²) in [5, 5.41) is 2.47. The lowest BCUT2D eigenvalue weighted by Gasteiger charge is -2.27. The van der Waals surface area contributed by atoms with E-state index in [0.29, 0.717) is 11.4 Å². The van der Waals surface area contributed by atoms with Crippen molar-refractivity contribution in [1.29, 1.82) is 0 Å². The summed E-state index contributed by atoms with van der Waals surface area (Å²) in [7, 11) is 0. The molecule has 1 heterocycles. The van der Waals surface area contributed by atoms with E-state index in [0.717, 1.165) is 0 Å². The first-order chi connectivity index (χ1) is 18.3. The van der Waals surface area contributed by atoms with Crippen molar-refractivity contribution in [2.24, 2.45) is 0 Å². The minimum Gasteiger partial charge on any atom is -0.342 e. The van der Waals surface area contributed by atoms with Gasteiger partial charge in [-0.3, -0.25) is 19.2 Å². The molecule has 2 N–H and O–H groups in total. The Bertz CT molecular complexity index is 1390. The van der Waals surface area contributed by atoms with Gasteiger partial charge in [-0.1, -0.05) is 71.2 Å². The number of aromatic nitrogens is 2. The van der Waals surface area contributed by atoms with Crippen molar-refractivity contribution in [3.05, 3.63) is 88.1 Å². The van der Waals surface area contributed by atoms with Gasteiger partial charge >= 0.3 is 0 Å². The molecule has 0 saturated heterocycles. The number of carbonyl (C=O) groups is 3. The predicted octanol–water partition coefficient (Wildman–Crippen LogP) is 4.82. The van der Waals surface area contributed by atoms with Crippen LogP contribution in [0.4, 0.5) is 11.4 Å². The number of halogens is 3. The predicted molar refractivity (Wildman–Crippen MR) is 154 cm³/mol. The van der Waals surface area contributed by atoms with Crippen LogP contribution in [-0.2, 0) is 8.59 Å². The second-order valence-electron chi connectivity index (χ2n) is 9.12. The summed E-state index contributed by atoms with van der Waals surface area (Å²) in [6.07, 6.45) is 0. The number of benzene rings is 2. The summed E-state index contributed by atoms with van der Waals surface area (Å²) in [6.45, 7) is 6.78. The Balaban J connectivity index is 1.97. The maximum Gasteiger partial charge on any atom is 0.282 e. The molecule has 3 rings (SSSR count). The van der Waals surface area contributed by atoms with E-state index in [1.165, 1.54) is 9.80 Å². The fourth-order valence-corrected chi connectivity index (χ4v) is 4.37. The number of para-hydroxylation sites is 2. The molecule has 0 fully saturated rings. The Morgan fingerprint density at radius 3 is 1.79 bits per heavy atom. The number of rotatable bonds is 8. The third kappa shape index (κ3) is 7.17. The number of carbonyl (C=O) groups excluding carboxylic acids is 3. The topological polar surface area (TPSA) is 115 Å². The van der Waals surface area contributed by atoms with Gasteiger partial charge in [0.25, 0.3) is 17.4 Å². The molecule has 0 bridgehead atoms. The first-order valence-electron chi connectivity index (χ1n) is 12.1. The fraction of sp³-hybridized carbons (Fsp3) is 0.296. The van der Waals surface area contributed by atoms with Gasteiger partial charge in [-0.25, -0.2) is 4.98 Å². The summed E-state index contributed by atoms with van der Waals surface area (Å²) in [5.41, 5.74) is -1.27. The monoisotopic (exact) mass is 591 g/mol. The zero-order valence-corrected chi connectivity index (χ0v) is 24.0. The molecule has 0 spiro atoms. The Labute approximate surface area is 241 Å². The van der Waals surface area contributed by atoms with Crippen LogP contribution in [0.2, 0.25) is 0 Å². The standard InChI is InChI=1S/C27H28Cl3N5O4/c1-16(2)34(18-11-7-5-8-12-18)20(36)15-31-24(37)21-23(27(28,29)30)33-25(38)22(32-21)26(39)35(17(3)4)19-13-9-6-10-14-19/h5-14,16-17H,15H2,1-4H3,(H,31,37)(H,33,38). The second kappa shape index (κ2) is 12.6. The van der Waals surface area contributed by atoms with Gasteiger partial charge < -0.3 is 20.1 Å². The third-order valence-corrected chi connectivity index (χ3v) is 6.17. The molecule has 12 heteroatoms. The molecule has 0 unspecified atom stereocenters. The van der Waals surface area contributed by atoms with Gasteiger partial charge in [-0.05, 0) is 52.0 Å². The molecular weight excluding hydrogens is 565 g/mol. The van der Waals surface area contributed by atoms with E-state index in [-0.39, 0.29) is 12.1 Å². The number of H-pyrrole nitrogens is 1. The van der Waals surface area contributed by atoms with Crippen molar-refractivity contribution >= 4 is 63.9 Å². The van der Waals surface area contributed by atoms with Gasteiger partial charge in [0, 0.05) is 23.5 Å². The van der Waals surface area contributed by atoms with Crippen molar-refractivity contribution in [2.75, 3.05) is 16.3 Å². The van der Waals surface area contributed by atoms with Crippen LogP contribution in [-0.4, -0.2) is 46.3 Å². The van der Waals surface area contributed by atoms with Crippen LogP contribution in [0.15, 0.2) is 65.5 Å². The molecule has 3 aromatic rings. The second-order valence-corrected chi connectivity index (χ2v) is 11.4. The normalized spacial score (nSPS) is 11.4. The number of nitrogens with zero attached hydrogens (tertiary/aromatic N) is 3. The van der Waals surface area contributed by atoms with Crippen molar-refractivity contribution in [3.63, 3.8) is 0 Å². The van der Waals surface area contributed by atoms with Crippen molar-refractivity contribution < 1.29 is 14.4 Å². The molecule has 0 atom stereocenters. The highest BCUT2D eigenvalue weighted by Gasteiger charge is 2.35. The molecule has 1 aromatic heterocycles. The maximum atomic E-state index is 13.5. The number of hydrogen-bond donors (Lipinski definition) is 2. The summed E-state index contributed by atoms with van der Waals surface area (Å²) in [6, 6.07) is 17.1. The van der Waals surface area contributed by atoms with Crippen LogP contribution in [0.3, 0.4) is 0 Å². The Morgan fingerprint density at radius 2 is 1.33 bits per heavy atom. The van der Waals surface area contributed by atoms with E-state index < -0.39 is 50.7 Å². The minimum atomic E-state index is -2.25. The van der Waals surface area contributed by atoms with E-state index >= 15 is 0 Å². The van der Waals surface area contributed by atoms with Gasteiger partial charge in [0.1, 0.15) is 5.69 Å². The Morgan fingerprint density at radius 1 is 0.846 bits per heavy atom. The molecule has 0 aliphatic heterocycles. The van der Waals surface area contributed by atoms with Gasteiger partial charge in [0.2, 0.25) is 9.70 Å². The van der Waals surface area contributed by atoms with Gasteiger partial charge in [0.15, 0.2) is 11.4 Å². The highest BCUT2D eigenvalue weighted by atomic mass is 35.6. The van der Waals surface area contributed by atoms with Gasteiger partial charge in [-0.2, -0.15) is 0 Å². The van der Waals surface area contributed by atoms with Crippen molar-refractivity contribution in [1.82, 2.24) is 15.3 Å². The minimum absolute atomic E-state index is 0.205. The molecule has 39 heavy (non-hydrogen) atoms. The summed E-state index contributed by atoms with van der Waals surface area (Å²) < 4.78 is -2.25. The quantitative estimate of drug-likeness (QED) is 0.364. The SMILES string of the molecule is CC(C)N(C(=O)CNC(=O)c1nc(C(=O)N(c2ccccc2)C(C)C)c(=O)[nH]c1C(Cl)(Cl)Cl)c1ccccc1. The average Bonchev–Trinajstić information content (AvgIpc) is 2.87. The van der Waals surface area contributed by atoms with Crippen LogP contribution < -0.4 is 20.7 Å².